The summed E-state index contributed by atoms with van der Waals surface area (Å²) in [6, 6.07) is 0. The van der Waals surface area contributed by atoms with Gasteiger partial charge in [-0.3, -0.25) is 4.48 Å². The highest BCUT2D eigenvalue weighted by molar-refractivity contribution is 4.93. The van der Waals surface area contributed by atoms with Crippen LogP contribution >= 0.6 is 0 Å². The van der Waals surface area contributed by atoms with Gasteiger partial charge in [0.1, 0.15) is 26.6 Å². The van der Waals surface area contributed by atoms with E-state index in [-0.39, 0.29) is 17.0 Å². The lowest BCUT2D eigenvalue weighted by molar-refractivity contribution is -0.975. The summed E-state index contributed by atoms with van der Waals surface area (Å²) in [7, 11) is 0. The molecule has 4 heterocycles. The molecule has 16 heavy (non-hydrogen) atoms. The zero-order valence-corrected chi connectivity index (χ0v) is 11.8. The molecule has 4 bridgehead atoms. The van der Waals surface area contributed by atoms with Crippen molar-refractivity contribution in [2.45, 2.75) is 13.8 Å². The molecule has 0 spiro atoms. The summed E-state index contributed by atoms with van der Waals surface area (Å²) in [5.41, 5.74) is 1.45. The molecule has 0 aromatic rings. The number of halogens is 1. The predicted octanol–water partition coefficient (Wildman–Crippen LogP) is -2.53. The fraction of sp³-hybridized carbons (Fsp3) is 0.818. The molecule has 0 radical (unpaired) electrons. The van der Waals surface area contributed by atoms with Crippen LogP contribution in [0.5, 0.6) is 0 Å². The lowest BCUT2D eigenvalue weighted by Gasteiger charge is -2.60. The monoisotopic (exact) mass is 288 g/mol. The van der Waals surface area contributed by atoms with Crippen molar-refractivity contribution >= 4 is 0 Å². The summed E-state index contributed by atoms with van der Waals surface area (Å²) in [6.07, 6.45) is 2.40. The molecule has 0 aromatic carbocycles. The van der Waals surface area contributed by atoms with Crippen LogP contribution < -0.4 is 17.0 Å². The molecule has 4 saturated heterocycles. The van der Waals surface area contributed by atoms with Gasteiger partial charge in [-0.2, -0.15) is 0 Å². The fourth-order valence-corrected chi connectivity index (χ4v) is 3.21. The Labute approximate surface area is 108 Å². The van der Waals surface area contributed by atoms with Crippen molar-refractivity contribution in [2.75, 3.05) is 46.6 Å². The molecule has 5 heteroatoms. The van der Waals surface area contributed by atoms with Crippen LogP contribution in [-0.4, -0.2) is 65.7 Å². The van der Waals surface area contributed by atoms with Crippen molar-refractivity contribution in [3.05, 3.63) is 11.6 Å². The normalized spacial score (nSPS) is 44.0. The lowest BCUT2D eigenvalue weighted by Crippen LogP contribution is -3.00. The Bertz CT molecular complexity index is 263. The summed E-state index contributed by atoms with van der Waals surface area (Å²) in [6.45, 7) is 12.9. The van der Waals surface area contributed by atoms with Crippen LogP contribution in [0.4, 0.5) is 0 Å². The van der Waals surface area contributed by atoms with Crippen LogP contribution in [0.3, 0.4) is 0 Å². The number of rotatable bonds is 2. The van der Waals surface area contributed by atoms with E-state index in [1.807, 2.05) is 0 Å². The van der Waals surface area contributed by atoms with Crippen LogP contribution in [0.15, 0.2) is 11.6 Å². The Balaban J connectivity index is 0.000000963. The highest BCUT2D eigenvalue weighted by atomic mass is 79.9. The van der Waals surface area contributed by atoms with Gasteiger partial charge in [-0.05, 0) is 19.9 Å². The average molecular weight is 289 g/mol. The van der Waals surface area contributed by atoms with Crippen molar-refractivity contribution in [2.24, 2.45) is 0 Å². The van der Waals surface area contributed by atoms with Gasteiger partial charge in [-0.1, -0.05) is 5.57 Å². The molecular weight excluding hydrogens is 268 g/mol. The van der Waals surface area contributed by atoms with Gasteiger partial charge in [-0.25, -0.2) is 14.7 Å². The van der Waals surface area contributed by atoms with E-state index >= 15 is 0 Å². The van der Waals surface area contributed by atoms with Gasteiger partial charge in [0.15, 0.2) is 0 Å². The lowest BCUT2D eigenvalue weighted by atomic mass is 10.2. The van der Waals surface area contributed by atoms with E-state index in [1.54, 1.807) is 0 Å². The second-order valence-electron chi connectivity index (χ2n) is 5.67. The highest BCUT2D eigenvalue weighted by Crippen LogP contribution is 2.28. The minimum absolute atomic E-state index is 0. The standard InChI is InChI=1S/C11H21N4.BrH/c1-11(2)3-4-15-8-12-5-13(9-15)7-14(6-12)10-15;/h3H,4-10H2,1-2H3;1H/q+1;/p-1. The van der Waals surface area contributed by atoms with Crippen molar-refractivity contribution in [1.82, 2.24) is 14.7 Å². The van der Waals surface area contributed by atoms with Crippen molar-refractivity contribution < 1.29 is 21.5 Å². The van der Waals surface area contributed by atoms with Crippen LogP contribution in [0.1, 0.15) is 13.8 Å². The van der Waals surface area contributed by atoms with Gasteiger partial charge >= 0.3 is 0 Å². The summed E-state index contributed by atoms with van der Waals surface area (Å²) < 4.78 is 1.23. The van der Waals surface area contributed by atoms with Crippen molar-refractivity contribution in [1.29, 1.82) is 0 Å². The molecule has 4 nitrogen and oxygen atoms in total. The quantitative estimate of drug-likeness (QED) is 0.410. The van der Waals surface area contributed by atoms with Crippen molar-refractivity contribution in [3.63, 3.8) is 0 Å². The number of quaternary nitrogens is 1. The van der Waals surface area contributed by atoms with E-state index in [9.17, 15) is 0 Å². The average Bonchev–Trinajstić information content (AvgIpc) is 2.12. The predicted molar refractivity (Wildman–Crippen MR) is 59.3 cm³/mol. The van der Waals surface area contributed by atoms with Crippen LogP contribution in [0.2, 0.25) is 0 Å². The van der Waals surface area contributed by atoms with Crippen molar-refractivity contribution in [3.8, 4) is 0 Å². The maximum Gasteiger partial charge on any atom is 0.139 e. The second kappa shape index (κ2) is 4.38. The highest BCUT2D eigenvalue weighted by Gasteiger charge is 2.47. The Hall–Kier alpha value is 0.0600. The van der Waals surface area contributed by atoms with Crippen LogP contribution in [0, 0.1) is 0 Å². The third-order valence-corrected chi connectivity index (χ3v) is 3.59. The SMILES string of the molecule is CC(C)=CC[N+]12CN3CN(CN(C3)C1)C2.[Br-]. The van der Waals surface area contributed by atoms with E-state index < -0.39 is 0 Å². The van der Waals surface area contributed by atoms with E-state index in [2.05, 4.69) is 34.6 Å². The topological polar surface area (TPSA) is 9.72 Å². The number of hydrogen-bond acceptors (Lipinski definition) is 3. The Morgan fingerprint density at radius 1 is 1.00 bits per heavy atom. The number of allylic oxidation sites excluding steroid dienone is 1. The first-order valence-corrected chi connectivity index (χ1v) is 5.81. The molecule has 4 aliphatic heterocycles. The summed E-state index contributed by atoms with van der Waals surface area (Å²) in [5, 5.41) is 0. The van der Waals surface area contributed by atoms with Crippen LogP contribution in [0.25, 0.3) is 0 Å². The van der Waals surface area contributed by atoms with Crippen LogP contribution in [-0.2, 0) is 0 Å². The molecule has 0 aliphatic carbocycles. The second-order valence-corrected chi connectivity index (χ2v) is 5.67. The first-order chi connectivity index (χ1) is 7.15. The zero-order valence-electron chi connectivity index (χ0n) is 10.2. The van der Waals surface area contributed by atoms with E-state index in [4.69, 9.17) is 0 Å². The Morgan fingerprint density at radius 3 is 1.81 bits per heavy atom. The van der Waals surface area contributed by atoms with E-state index in [0.717, 1.165) is 0 Å². The Morgan fingerprint density at radius 2 is 1.44 bits per heavy atom. The maximum absolute atomic E-state index is 2.56. The molecule has 0 unspecified atom stereocenters. The molecule has 0 aromatic heterocycles. The van der Waals surface area contributed by atoms with E-state index in [0.29, 0.717) is 0 Å². The minimum atomic E-state index is 0. The maximum atomic E-state index is 2.56. The van der Waals surface area contributed by atoms with E-state index in [1.165, 1.54) is 56.6 Å². The molecule has 92 valence electrons. The van der Waals surface area contributed by atoms with Gasteiger partial charge in [0.2, 0.25) is 0 Å². The molecule has 4 aliphatic rings. The zero-order chi connectivity index (χ0) is 10.5. The molecule has 0 N–H and O–H groups in total. The first-order valence-electron chi connectivity index (χ1n) is 5.81. The first kappa shape index (κ1) is 12.5. The summed E-state index contributed by atoms with van der Waals surface area (Å²) in [5.74, 6) is 0. The number of hydrogen-bond donors (Lipinski definition) is 0. The van der Waals surface area contributed by atoms with Gasteiger partial charge in [0.25, 0.3) is 0 Å². The molecular formula is C11H21BrN4. The molecule has 4 fully saturated rings. The summed E-state index contributed by atoms with van der Waals surface area (Å²) in [4.78, 5) is 7.69. The minimum Gasteiger partial charge on any atom is -1.00 e. The smallest absolute Gasteiger partial charge is 0.139 e. The van der Waals surface area contributed by atoms with Gasteiger partial charge in [0, 0.05) is 0 Å². The largest absolute Gasteiger partial charge is 1.00 e. The molecule has 4 rings (SSSR count). The van der Waals surface area contributed by atoms with Gasteiger partial charge in [-0.15, -0.1) is 0 Å². The van der Waals surface area contributed by atoms with Gasteiger partial charge < -0.3 is 17.0 Å². The summed E-state index contributed by atoms with van der Waals surface area (Å²) >= 11 is 0. The molecule has 0 amide bonds. The molecule has 0 saturated carbocycles. The van der Waals surface area contributed by atoms with Gasteiger partial charge in [0.05, 0.1) is 20.0 Å². The third kappa shape index (κ3) is 2.19. The fourth-order valence-electron chi connectivity index (χ4n) is 3.21. The Kier molecular flexibility index (Phi) is 3.43. The third-order valence-electron chi connectivity index (χ3n) is 3.59. The molecule has 0 atom stereocenters. The number of nitrogens with zero attached hydrogens (tertiary/aromatic N) is 4.